The van der Waals surface area contributed by atoms with Crippen molar-refractivity contribution in [1.29, 1.82) is 0 Å². The largest absolute Gasteiger partial charge is 0.352 e. The Morgan fingerprint density at radius 1 is 0.837 bits per heavy atom. The number of nitrogens with one attached hydrogen (secondary N) is 1. The van der Waals surface area contributed by atoms with Crippen LogP contribution in [0, 0.1) is 0 Å². The number of nitrogens with zero attached hydrogens (tertiary/aromatic N) is 2. The van der Waals surface area contributed by atoms with E-state index in [1.54, 1.807) is 66.7 Å². The minimum Gasteiger partial charge on any atom is -0.352 e. The smallest absolute Gasteiger partial charge is 0.264 e. The van der Waals surface area contributed by atoms with Gasteiger partial charge in [0, 0.05) is 28.5 Å². The van der Waals surface area contributed by atoms with Gasteiger partial charge in [-0.1, -0.05) is 94.3 Å². The molecule has 0 saturated heterocycles. The third-order valence-electron chi connectivity index (χ3n) is 6.67. The SMILES string of the molecule is CC(C)NC(=O)[C@@H](Cc1ccccc1)N(Cc1ccc(Cl)cc1)C(=O)CN(c1cccc(Br)c1)S(=O)(=O)c1ccccc1. The summed E-state index contributed by atoms with van der Waals surface area (Å²) in [4.78, 5) is 29.6. The van der Waals surface area contributed by atoms with Gasteiger partial charge in [0.25, 0.3) is 10.0 Å². The number of amides is 2. The minimum atomic E-state index is -4.15. The summed E-state index contributed by atoms with van der Waals surface area (Å²) >= 11 is 9.54. The highest BCUT2D eigenvalue weighted by Crippen LogP contribution is 2.27. The minimum absolute atomic E-state index is 0.0467. The lowest BCUT2D eigenvalue weighted by molar-refractivity contribution is -0.140. The van der Waals surface area contributed by atoms with Crippen LogP contribution in [0.1, 0.15) is 25.0 Å². The number of hydrogen-bond donors (Lipinski definition) is 1. The molecule has 0 fully saturated rings. The number of carbonyl (C=O) groups is 2. The third kappa shape index (κ3) is 8.69. The molecule has 0 aliphatic heterocycles. The Bertz CT molecular complexity index is 1640. The van der Waals surface area contributed by atoms with Gasteiger partial charge in [-0.15, -0.1) is 0 Å². The van der Waals surface area contributed by atoms with Gasteiger partial charge in [0.15, 0.2) is 0 Å². The Labute approximate surface area is 266 Å². The van der Waals surface area contributed by atoms with Gasteiger partial charge in [-0.3, -0.25) is 13.9 Å². The standard InChI is InChI=1S/C33H33BrClN3O4S/c1-24(2)36-33(40)31(20-25-10-5-3-6-11-25)37(22-26-16-18-28(35)19-17-26)32(39)23-38(29-13-9-12-27(34)21-29)43(41,42)30-14-7-4-8-15-30/h3-19,21,24,31H,20,22-23H2,1-2H3,(H,36,40)/t31-/m1/s1. The maximum atomic E-state index is 14.4. The van der Waals surface area contributed by atoms with Gasteiger partial charge in [-0.25, -0.2) is 8.42 Å². The predicted molar refractivity (Wildman–Crippen MR) is 174 cm³/mol. The van der Waals surface area contributed by atoms with Crippen molar-refractivity contribution in [3.8, 4) is 0 Å². The summed E-state index contributed by atoms with van der Waals surface area (Å²) in [5.41, 5.74) is 1.92. The zero-order valence-electron chi connectivity index (χ0n) is 23.9. The molecule has 1 atom stereocenters. The number of rotatable bonds is 12. The van der Waals surface area contributed by atoms with Crippen molar-refractivity contribution in [2.24, 2.45) is 0 Å². The Hall–Kier alpha value is -3.66. The lowest BCUT2D eigenvalue weighted by atomic mass is 10.0. The maximum absolute atomic E-state index is 14.4. The van der Waals surface area contributed by atoms with Crippen LogP contribution in [-0.4, -0.2) is 43.8 Å². The normalized spacial score (nSPS) is 12.0. The number of anilines is 1. The lowest BCUT2D eigenvalue weighted by Gasteiger charge is -2.34. The maximum Gasteiger partial charge on any atom is 0.264 e. The van der Waals surface area contributed by atoms with E-state index >= 15 is 0 Å². The molecule has 0 bridgehead atoms. The summed E-state index contributed by atoms with van der Waals surface area (Å²) in [6.07, 6.45) is 0.237. The van der Waals surface area contributed by atoms with E-state index in [4.69, 9.17) is 11.6 Å². The highest BCUT2D eigenvalue weighted by molar-refractivity contribution is 9.10. The monoisotopic (exact) mass is 681 g/mol. The molecule has 0 spiro atoms. The van der Waals surface area contributed by atoms with Crippen LogP contribution in [0.2, 0.25) is 5.02 Å². The molecule has 4 rings (SSSR count). The zero-order valence-corrected chi connectivity index (χ0v) is 27.0. The number of benzene rings is 4. The molecular weight excluding hydrogens is 650 g/mol. The summed E-state index contributed by atoms with van der Waals surface area (Å²) in [6, 6.07) is 30.1. The average Bonchev–Trinajstić information content (AvgIpc) is 2.99. The predicted octanol–water partition coefficient (Wildman–Crippen LogP) is 6.46. The molecule has 4 aromatic carbocycles. The van der Waals surface area contributed by atoms with Crippen LogP contribution in [-0.2, 0) is 32.6 Å². The summed E-state index contributed by atoms with van der Waals surface area (Å²) in [7, 11) is -4.15. The molecule has 224 valence electrons. The van der Waals surface area contributed by atoms with E-state index < -0.39 is 28.5 Å². The van der Waals surface area contributed by atoms with Crippen LogP contribution in [0.3, 0.4) is 0 Å². The van der Waals surface area contributed by atoms with Crippen molar-refractivity contribution in [2.75, 3.05) is 10.8 Å². The molecule has 7 nitrogen and oxygen atoms in total. The Morgan fingerprint density at radius 3 is 2.07 bits per heavy atom. The van der Waals surface area contributed by atoms with Crippen molar-refractivity contribution >= 4 is 55.1 Å². The molecule has 43 heavy (non-hydrogen) atoms. The van der Waals surface area contributed by atoms with E-state index in [9.17, 15) is 18.0 Å². The van der Waals surface area contributed by atoms with Crippen LogP contribution >= 0.6 is 27.5 Å². The van der Waals surface area contributed by atoms with Crippen LogP contribution in [0.4, 0.5) is 5.69 Å². The van der Waals surface area contributed by atoms with E-state index in [-0.39, 0.29) is 29.8 Å². The van der Waals surface area contributed by atoms with Crippen LogP contribution < -0.4 is 9.62 Å². The molecule has 0 aromatic heterocycles. The van der Waals surface area contributed by atoms with Crippen molar-refractivity contribution < 1.29 is 18.0 Å². The highest BCUT2D eigenvalue weighted by Gasteiger charge is 2.34. The van der Waals surface area contributed by atoms with E-state index in [1.807, 2.05) is 44.2 Å². The van der Waals surface area contributed by atoms with Gasteiger partial charge >= 0.3 is 0 Å². The Balaban J connectivity index is 1.80. The molecule has 0 aliphatic rings. The van der Waals surface area contributed by atoms with Crippen molar-refractivity contribution in [2.45, 2.75) is 43.8 Å². The highest BCUT2D eigenvalue weighted by atomic mass is 79.9. The molecule has 0 aliphatic carbocycles. The fourth-order valence-corrected chi connectivity index (χ4v) is 6.54. The molecule has 1 N–H and O–H groups in total. The average molecular weight is 683 g/mol. The second kappa shape index (κ2) is 14.7. The second-order valence-electron chi connectivity index (χ2n) is 10.3. The first-order valence-corrected chi connectivity index (χ1v) is 16.4. The van der Waals surface area contributed by atoms with Crippen LogP contribution in [0.5, 0.6) is 0 Å². The van der Waals surface area contributed by atoms with Gasteiger partial charge in [0.2, 0.25) is 11.8 Å². The molecule has 0 saturated carbocycles. The number of halogens is 2. The van der Waals surface area contributed by atoms with Crippen molar-refractivity contribution in [1.82, 2.24) is 10.2 Å². The van der Waals surface area contributed by atoms with E-state index in [0.717, 1.165) is 15.4 Å². The van der Waals surface area contributed by atoms with Gasteiger partial charge in [0.05, 0.1) is 10.6 Å². The van der Waals surface area contributed by atoms with E-state index in [0.29, 0.717) is 15.2 Å². The van der Waals surface area contributed by atoms with Crippen LogP contribution in [0.25, 0.3) is 0 Å². The fraction of sp³-hybridized carbons (Fsp3) is 0.212. The molecule has 4 aromatic rings. The first-order chi connectivity index (χ1) is 20.5. The van der Waals surface area contributed by atoms with Crippen LogP contribution in [0.15, 0.2) is 119 Å². The summed E-state index contributed by atoms with van der Waals surface area (Å²) in [5, 5.41) is 3.49. The molecule has 0 radical (unpaired) electrons. The number of carbonyl (C=O) groups excluding carboxylic acids is 2. The van der Waals surface area contributed by atoms with Gasteiger partial charge in [0.1, 0.15) is 12.6 Å². The second-order valence-corrected chi connectivity index (χ2v) is 13.5. The van der Waals surface area contributed by atoms with E-state index in [1.165, 1.54) is 17.0 Å². The molecule has 10 heteroatoms. The Kier molecular flexibility index (Phi) is 11.0. The quantitative estimate of drug-likeness (QED) is 0.186. The van der Waals surface area contributed by atoms with Gasteiger partial charge in [-0.2, -0.15) is 0 Å². The van der Waals surface area contributed by atoms with Gasteiger partial charge < -0.3 is 10.2 Å². The molecule has 0 heterocycles. The number of hydrogen-bond acceptors (Lipinski definition) is 4. The Morgan fingerprint density at radius 2 is 1.47 bits per heavy atom. The zero-order chi connectivity index (χ0) is 31.0. The molecular formula is C33H33BrClN3O4S. The summed E-state index contributed by atoms with van der Waals surface area (Å²) in [6.45, 7) is 3.24. The first-order valence-electron chi connectivity index (χ1n) is 13.8. The first kappa shape index (κ1) is 32.3. The fourth-order valence-electron chi connectivity index (χ4n) is 4.60. The van der Waals surface area contributed by atoms with E-state index in [2.05, 4.69) is 21.2 Å². The molecule has 2 amide bonds. The van der Waals surface area contributed by atoms with Gasteiger partial charge in [-0.05, 0) is 67.4 Å². The van der Waals surface area contributed by atoms with Crippen molar-refractivity contribution in [3.63, 3.8) is 0 Å². The summed E-state index contributed by atoms with van der Waals surface area (Å²) in [5.74, 6) is -0.865. The molecule has 0 unspecified atom stereocenters. The summed E-state index contributed by atoms with van der Waals surface area (Å²) < 4.78 is 29.7. The topological polar surface area (TPSA) is 86.8 Å². The number of sulfonamides is 1. The third-order valence-corrected chi connectivity index (χ3v) is 9.21. The van der Waals surface area contributed by atoms with Crippen molar-refractivity contribution in [3.05, 3.63) is 130 Å². The lowest BCUT2D eigenvalue weighted by Crippen LogP contribution is -2.54.